The molecule has 0 aliphatic rings. The van der Waals surface area contributed by atoms with Crippen molar-refractivity contribution < 1.29 is 30.4 Å². The molecule has 1 N–H and O–H groups in total. The van der Waals surface area contributed by atoms with Crippen molar-refractivity contribution in [3.05, 3.63) is 0 Å². The van der Waals surface area contributed by atoms with E-state index in [0.717, 1.165) is 0 Å². The van der Waals surface area contributed by atoms with Crippen LogP contribution in [0.2, 0.25) is 0 Å². The van der Waals surface area contributed by atoms with Gasteiger partial charge in [-0.2, -0.15) is 26.4 Å². The number of nitrogens with one attached hydrogen (secondary N) is 1. The van der Waals surface area contributed by atoms with Gasteiger partial charge in [-0.25, -0.2) is 8.78 Å². The van der Waals surface area contributed by atoms with E-state index >= 15 is 0 Å². The lowest BCUT2D eigenvalue weighted by Gasteiger charge is -2.00. The normalized spacial score (nSPS) is 10.4. The summed E-state index contributed by atoms with van der Waals surface area (Å²) >= 11 is 0. The van der Waals surface area contributed by atoms with Gasteiger partial charge in [0.05, 0.1) is 0 Å². The SMILES string of the molecule is FC(F)C(F)(F)F.N=S(=O)=O. The zero-order chi connectivity index (χ0) is 9.65. The van der Waals surface area contributed by atoms with Gasteiger partial charge in [0, 0.05) is 0 Å². The third-order valence-electron chi connectivity index (χ3n) is 0.247. The minimum Gasteiger partial charge on any atom is -0.200 e. The molecular formula is C2H2F5NO2S. The van der Waals surface area contributed by atoms with Crippen molar-refractivity contribution in [1.29, 1.82) is 4.78 Å². The molecule has 9 heteroatoms. The molecule has 0 spiro atoms. The summed E-state index contributed by atoms with van der Waals surface area (Å²) in [5.41, 5.74) is 0. The van der Waals surface area contributed by atoms with E-state index in [0.29, 0.717) is 0 Å². The van der Waals surface area contributed by atoms with Gasteiger partial charge in [0.1, 0.15) is 0 Å². The van der Waals surface area contributed by atoms with Gasteiger partial charge in [0.25, 0.3) is 0 Å². The second kappa shape index (κ2) is 4.99. The van der Waals surface area contributed by atoms with Gasteiger partial charge in [-0.15, -0.1) is 0 Å². The van der Waals surface area contributed by atoms with Crippen LogP contribution >= 0.6 is 0 Å². The van der Waals surface area contributed by atoms with E-state index in [2.05, 4.69) is 0 Å². The van der Waals surface area contributed by atoms with Crippen molar-refractivity contribution in [3.8, 4) is 0 Å². The molecule has 0 rings (SSSR count). The highest BCUT2D eigenvalue weighted by molar-refractivity contribution is 7.60. The van der Waals surface area contributed by atoms with Crippen molar-refractivity contribution in [1.82, 2.24) is 0 Å². The van der Waals surface area contributed by atoms with Gasteiger partial charge in [-0.05, 0) is 0 Å². The number of hydrogen-bond donors (Lipinski definition) is 1. The molecule has 0 aromatic carbocycles. The van der Waals surface area contributed by atoms with Crippen molar-refractivity contribution in [2.75, 3.05) is 0 Å². The van der Waals surface area contributed by atoms with E-state index in [1.54, 1.807) is 0 Å². The Labute approximate surface area is 59.3 Å². The van der Waals surface area contributed by atoms with Crippen LogP contribution in [-0.4, -0.2) is 21.0 Å². The first-order valence-electron chi connectivity index (χ1n) is 1.83. The van der Waals surface area contributed by atoms with Crippen LogP contribution in [0.25, 0.3) is 0 Å². The zero-order valence-corrected chi connectivity index (χ0v) is 5.51. The Morgan fingerprint density at radius 3 is 1.27 bits per heavy atom. The van der Waals surface area contributed by atoms with Crippen LogP contribution in [0, 0.1) is 4.78 Å². The minimum absolute atomic E-state index is 2.61. The van der Waals surface area contributed by atoms with E-state index in [1.807, 2.05) is 0 Å². The van der Waals surface area contributed by atoms with Gasteiger partial charge in [0.15, 0.2) is 0 Å². The Morgan fingerprint density at radius 1 is 1.18 bits per heavy atom. The van der Waals surface area contributed by atoms with Crippen LogP contribution in [0.3, 0.4) is 0 Å². The molecule has 3 nitrogen and oxygen atoms in total. The summed E-state index contributed by atoms with van der Waals surface area (Å²) in [6, 6.07) is 0. The molecule has 0 unspecified atom stereocenters. The standard InChI is InChI=1S/C2HF5.HNO2S/c3-1(4)2(5,6)7;1-4(2)3/h1H;1H. The average molecular weight is 199 g/mol. The van der Waals surface area contributed by atoms with Crippen LogP contribution in [0.1, 0.15) is 0 Å². The molecule has 0 bridgehead atoms. The largest absolute Gasteiger partial charge is 0.450 e. The lowest BCUT2D eigenvalue weighted by Crippen LogP contribution is -2.18. The smallest absolute Gasteiger partial charge is 0.200 e. The molecule has 0 aromatic heterocycles. The second-order valence-electron chi connectivity index (χ2n) is 1.08. The Bertz CT molecular complexity index is 183. The van der Waals surface area contributed by atoms with Gasteiger partial charge in [-0.3, -0.25) is 0 Å². The maximum absolute atomic E-state index is 10.4. The summed E-state index contributed by atoms with van der Waals surface area (Å²) in [7, 11) is -2.61. The third-order valence-corrected chi connectivity index (χ3v) is 0.247. The summed E-state index contributed by atoms with van der Waals surface area (Å²) < 4.78 is 75.0. The van der Waals surface area contributed by atoms with Crippen LogP contribution in [0.4, 0.5) is 22.0 Å². The summed E-state index contributed by atoms with van der Waals surface area (Å²) in [5, 5.41) is 0. The molecule has 0 fully saturated rings. The molecule has 0 saturated carbocycles. The van der Waals surface area contributed by atoms with Crippen LogP contribution in [-0.2, 0) is 10.5 Å². The monoisotopic (exact) mass is 199 g/mol. The molecule has 0 aromatic rings. The summed E-state index contributed by atoms with van der Waals surface area (Å²) in [5.74, 6) is 0. The molecule has 0 saturated heterocycles. The quantitative estimate of drug-likeness (QED) is 0.600. The Hall–Kier alpha value is -0.730. The van der Waals surface area contributed by atoms with Crippen molar-refractivity contribution in [2.45, 2.75) is 12.6 Å². The van der Waals surface area contributed by atoms with Crippen LogP contribution in [0.5, 0.6) is 0 Å². The minimum atomic E-state index is -5.33. The van der Waals surface area contributed by atoms with Crippen molar-refractivity contribution >= 4 is 10.5 Å². The first kappa shape index (κ1) is 12.9. The summed E-state index contributed by atoms with van der Waals surface area (Å²) in [6.45, 7) is 0. The first-order valence-corrected chi connectivity index (χ1v) is 2.90. The molecule has 0 amide bonds. The van der Waals surface area contributed by atoms with E-state index in [9.17, 15) is 22.0 Å². The number of halogens is 5. The fourth-order valence-electron chi connectivity index (χ4n) is 0. The predicted molar refractivity (Wildman–Crippen MR) is 23.7 cm³/mol. The van der Waals surface area contributed by atoms with Gasteiger partial charge in [0.2, 0.25) is 0 Å². The van der Waals surface area contributed by atoms with E-state index in [1.165, 1.54) is 0 Å². The molecular weight excluding hydrogens is 197 g/mol. The highest BCUT2D eigenvalue weighted by Gasteiger charge is 2.40. The summed E-state index contributed by atoms with van der Waals surface area (Å²) in [4.78, 5) is 0. The van der Waals surface area contributed by atoms with Gasteiger partial charge < -0.3 is 0 Å². The van der Waals surface area contributed by atoms with Crippen molar-refractivity contribution in [3.63, 3.8) is 0 Å². The highest BCUT2D eigenvalue weighted by atomic mass is 32.2. The molecule has 11 heavy (non-hydrogen) atoms. The van der Waals surface area contributed by atoms with Gasteiger partial charge in [-0.1, -0.05) is 0 Å². The first-order chi connectivity index (χ1) is 4.68. The zero-order valence-electron chi connectivity index (χ0n) is 4.69. The highest BCUT2D eigenvalue weighted by Crippen LogP contribution is 2.22. The van der Waals surface area contributed by atoms with E-state index in [-0.39, 0.29) is 0 Å². The van der Waals surface area contributed by atoms with Crippen molar-refractivity contribution in [2.24, 2.45) is 0 Å². The molecule has 0 heterocycles. The topological polar surface area (TPSA) is 58.0 Å². The van der Waals surface area contributed by atoms with E-state index < -0.39 is 23.1 Å². The Kier molecular flexibility index (Phi) is 5.86. The van der Waals surface area contributed by atoms with Crippen LogP contribution < -0.4 is 0 Å². The maximum atomic E-state index is 10.4. The lowest BCUT2D eigenvalue weighted by molar-refractivity contribution is -0.219. The lowest BCUT2D eigenvalue weighted by atomic mass is 10.7. The Morgan fingerprint density at radius 2 is 1.27 bits per heavy atom. The van der Waals surface area contributed by atoms with Crippen LogP contribution in [0.15, 0.2) is 0 Å². The van der Waals surface area contributed by atoms with E-state index in [4.69, 9.17) is 13.2 Å². The number of rotatable bonds is 0. The summed E-state index contributed by atoms with van der Waals surface area (Å²) in [6.07, 6.45) is -9.53. The second-order valence-corrected chi connectivity index (χ2v) is 1.55. The maximum Gasteiger partial charge on any atom is 0.450 e. The Balaban J connectivity index is 0. The number of hydrogen-bond acceptors (Lipinski definition) is 3. The van der Waals surface area contributed by atoms with Gasteiger partial charge >= 0.3 is 23.1 Å². The molecule has 0 aliphatic carbocycles. The number of alkyl halides is 5. The molecule has 0 aliphatic heterocycles. The predicted octanol–water partition coefficient (Wildman–Crippen LogP) is 1.44. The fourth-order valence-corrected chi connectivity index (χ4v) is 0. The average Bonchev–Trinajstić information content (AvgIpc) is 1.59. The third kappa shape index (κ3) is 17.6. The molecule has 0 atom stereocenters. The molecule has 0 radical (unpaired) electrons. The molecule has 68 valence electrons. The fraction of sp³-hybridized carbons (Fsp3) is 1.00.